The number of carbonyl (C=O) groups excluding carboxylic acids is 2. The summed E-state index contributed by atoms with van der Waals surface area (Å²) in [5, 5.41) is 5.23. The Bertz CT molecular complexity index is 710. The number of carbonyl (C=O) groups is 2. The van der Waals surface area contributed by atoms with E-state index in [0.29, 0.717) is 11.4 Å². The molecule has 0 fully saturated rings. The highest BCUT2D eigenvalue weighted by Crippen LogP contribution is 2.29. The molecule has 0 aliphatic heterocycles. The van der Waals surface area contributed by atoms with E-state index in [1.807, 2.05) is 0 Å². The molecule has 3 rings (SSSR count). The van der Waals surface area contributed by atoms with Crippen molar-refractivity contribution in [1.29, 1.82) is 0 Å². The normalized spacial score (nSPS) is 10.8. The number of anilines is 2. The third kappa shape index (κ3) is 5.12. The molecule has 126 valence electrons. The van der Waals surface area contributed by atoms with Crippen LogP contribution in [0.5, 0.6) is 0 Å². The molecule has 1 aromatic carbocycles. The Kier molecular flexibility index (Phi) is 5.24. The van der Waals surface area contributed by atoms with Gasteiger partial charge in [0.15, 0.2) is 0 Å². The summed E-state index contributed by atoms with van der Waals surface area (Å²) in [6, 6.07) is 15.4. The van der Waals surface area contributed by atoms with Gasteiger partial charge in [0.05, 0.1) is 11.4 Å². The third-order valence-corrected chi connectivity index (χ3v) is 3.09. The lowest BCUT2D eigenvalue weighted by Crippen LogP contribution is -2.27. The van der Waals surface area contributed by atoms with Gasteiger partial charge in [0.1, 0.15) is 5.60 Å². The zero-order chi connectivity index (χ0) is 17.7. The molecule has 0 atom stereocenters. The standard InChI is InChI=1S/C13H18N2O3.C6H4/c1-9(16)14-10-7-5-6-8-11(10)15-12(17)18-13(2,3)4;1-2-6-4-3-5(1)6/h5-8H,1-4H3,(H,14,16)(H,15,17);1-4H. The van der Waals surface area contributed by atoms with Gasteiger partial charge in [-0.1, -0.05) is 36.4 Å². The molecule has 0 saturated heterocycles. The Morgan fingerprint density at radius 3 is 1.62 bits per heavy atom. The Hall–Kier alpha value is -2.82. The quantitative estimate of drug-likeness (QED) is 0.720. The molecular formula is C19H22N2O3. The Morgan fingerprint density at radius 2 is 1.29 bits per heavy atom. The highest BCUT2D eigenvalue weighted by Gasteiger charge is 2.17. The van der Waals surface area contributed by atoms with Crippen LogP contribution in [0, 0.1) is 0 Å². The van der Waals surface area contributed by atoms with Crippen molar-refractivity contribution in [1.82, 2.24) is 0 Å². The first-order valence-corrected chi connectivity index (χ1v) is 7.72. The lowest BCUT2D eigenvalue weighted by atomic mass is 9.95. The van der Waals surface area contributed by atoms with Crippen LogP contribution in [0.1, 0.15) is 27.7 Å². The summed E-state index contributed by atoms with van der Waals surface area (Å²) in [5.41, 5.74) is 3.33. The van der Waals surface area contributed by atoms with Crippen molar-refractivity contribution in [2.75, 3.05) is 10.6 Å². The second kappa shape index (κ2) is 7.17. The van der Waals surface area contributed by atoms with Crippen molar-refractivity contribution in [3.8, 4) is 11.1 Å². The van der Waals surface area contributed by atoms with Crippen molar-refractivity contribution in [2.24, 2.45) is 0 Å². The zero-order valence-corrected chi connectivity index (χ0v) is 14.3. The largest absolute Gasteiger partial charge is 0.444 e. The van der Waals surface area contributed by atoms with Crippen LogP contribution in [0.25, 0.3) is 11.1 Å². The van der Waals surface area contributed by atoms with Gasteiger partial charge in [-0.2, -0.15) is 0 Å². The van der Waals surface area contributed by atoms with Gasteiger partial charge in [0, 0.05) is 6.92 Å². The molecule has 5 heteroatoms. The highest BCUT2D eigenvalue weighted by molar-refractivity contribution is 5.96. The van der Waals surface area contributed by atoms with Gasteiger partial charge < -0.3 is 10.1 Å². The fourth-order valence-corrected chi connectivity index (χ4v) is 1.97. The van der Waals surface area contributed by atoms with Gasteiger partial charge in [0.2, 0.25) is 5.91 Å². The van der Waals surface area contributed by atoms with Gasteiger partial charge >= 0.3 is 6.09 Å². The van der Waals surface area contributed by atoms with Crippen molar-refractivity contribution >= 4 is 23.4 Å². The summed E-state index contributed by atoms with van der Waals surface area (Å²) in [6.07, 6.45) is -0.555. The predicted octanol–water partition coefficient (Wildman–Crippen LogP) is 4.66. The van der Waals surface area contributed by atoms with E-state index in [0.717, 1.165) is 0 Å². The second-order valence-electron chi connectivity index (χ2n) is 6.43. The maximum absolute atomic E-state index is 11.6. The van der Waals surface area contributed by atoms with Gasteiger partial charge in [0.25, 0.3) is 0 Å². The van der Waals surface area contributed by atoms with E-state index < -0.39 is 11.7 Å². The number of ether oxygens (including phenoxy) is 1. The fourth-order valence-electron chi connectivity index (χ4n) is 1.97. The molecule has 0 radical (unpaired) electrons. The molecule has 2 aliphatic rings. The first kappa shape index (κ1) is 17.5. The minimum Gasteiger partial charge on any atom is -0.444 e. The van der Waals surface area contributed by atoms with Gasteiger partial charge in [-0.3, -0.25) is 10.1 Å². The minimum atomic E-state index is -0.562. The molecule has 0 unspecified atom stereocenters. The topological polar surface area (TPSA) is 67.4 Å². The summed E-state index contributed by atoms with van der Waals surface area (Å²) in [7, 11) is 0. The number of rotatable bonds is 2. The Balaban J connectivity index is 0.000000282. The smallest absolute Gasteiger partial charge is 0.412 e. The average Bonchev–Trinajstić information content (AvgIpc) is 2.43. The Morgan fingerprint density at radius 1 is 0.833 bits per heavy atom. The monoisotopic (exact) mass is 326 g/mol. The molecule has 2 aliphatic carbocycles. The number of amides is 2. The molecule has 0 heterocycles. The first-order valence-electron chi connectivity index (χ1n) is 7.72. The van der Waals surface area contributed by atoms with E-state index in [1.165, 1.54) is 18.1 Å². The summed E-state index contributed by atoms with van der Waals surface area (Å²) in [4.78, 5) is 22.6. The van der Waals surface area contributed by atoms with E-state index in [4.69, 9.17) is 4.74 Å². The maximum Gasteiger partial charge on any atom is 0.412 e. The zero-order valence-electron chi connectivity index (χ0n) is 14.3. The van der Waals surface area contributed by atoms with Crippen molar-refractivity contribution in [3.05, 3.63) is 48.5 Å². The number of hydrogen-bond acceptors (Lipinski definition) is 3. The van der Waals surface area contributed by atoms with Crippen LogP contribution >= 0.6 is 0 Å². The van der Waals surface area contributed by atoms with Gasteiger partial charge in [-0.05, 0) is 44.0 Å². The maximum atomic E-state index is 11.6. The SMILES string of the molecule is CC(=O)Nc1ccccc1NC(=O)OC(C)(C)C.c1cc2ccc1-2. The van der Waals surface area contributed by atoms with Crippen LogP contribution in [-0.4, -0.2) is 17.6 Å². The molecule has 5 nitrogen and oxygen atoms in total. The van der Waals surface area contributed by atoms with E-state index >= 15 is 0 Å². The summed E-state index contributed by atoms with van der Waals surface area (Å²) < 4.78 is 5.14. The third-order valence-electron chi connectivity index (χ3n) is 3.09. The van der Waals surface area contributed by atoms with Crippen LogP contribution in [0.15, 0.2) is 48.5 Å². The number of para-hydroxylation sites is 2. The number of nitrogens with one attached hydrogen (secondary N) is 2. The Labute approximate surface area is 142 Å². The van der Waals surface area contributed by atoms with Crippen LogP contribution in [0.2, 0.25) is 0 Å². The molecular weight excluding hydrogens is 304 g/mol. The predicted molar refractivity (Wildman–Crippen MR) is 96.0 cm³/mol. The summed E-state index contributed by atoms with van der Waals surface area (Å²) in [5.74, 6) is -0.201. The number of fused-ring (bicyclic) bond motifs is 1. The molecule has 0 saturated carbocycles. The summed E-state index contributed by atoms with van der Waals surface area (Å²) in [6.45, 7) is 6.76. The fraction of sp³-hybridized carbons (Fsp3) is 0.263. The number of hydrogen-bond donors (Lipinski definition) is 2. The van der Waals surface area contributed by atoms with Crippen molar-refractivity contribution in [3.63, 3.8) is 0 Å². The highest BCUT2D eigenvalue weighted by atomic mass is 16.6. The van der Waals surface area contributed by atoms with E-state index in [-0.39, 0.29) is 5.91 Å². The van der Waals surface area contributed by atoms with Crippen molar-refractivity contribution in [2.45, 2.75) is 33.3 Å². The second-order valence-corrected chi connectivity index (χ2v) is 6.43. The first-order chi connectivity index (χ1) is 11.2. The lowest BCUT2D eigenvalue weighted by molar-refractivity contribution is -0.114. The van der Waals surface area contributed by atoms with Crippen LogP contribution in [-0.2, 0) is 9.53 Å². The van der Waals surface area contributed by atoms with E-state index in [2.05, 4.69) is 34.9 Å². The number of benzene rings is 2. The van der Waals surface area contributed by atoms with Crippen LogP contribution in [0.4, 0.5) is 16.2 Å². The molecule has 24 heavy (non-hydrogen) atoms. The van der Waals surface area contributed by atoms with E-state index in [9.17, 15) is 9.59 Å². The van der Waals surface area contributed by atoms with Crippen molar-refractivity contribution < 1.29 is 14.3 Å². The minimum absolute atomic E-state index is 0.201. The molecule has 1 aromatic rings. The molecule has 0 spiro atoms. The van der Waals surface area contributed by atoms with E-state index in [1.54, 1.807) is 45.0 Å². The molecule has 2 N–H and O–H groups in total. The van der Waals surface area contributed by atoms with Crippen LogP contribution in [0.3, 0.4) is 0 Å². The molecule has 0 bridgehead atoms. The van der Waals surface area contributed by atoms with Gasteiger partial charge in [-0.25, -0.2) is 4.79 Å². The average molecular weight is 326 g/mol. The lowest BCUT2D eigenvalue weighted by Gasteiger charge is -2.20. The summed E-state index contributed by atoms with van der Waals surface area (Å²) >= 11 is 0. The van der Waals surface area contributed by atoms with Gasteiger partial charge in [-0.15, -0.1) is 0 Å². The molecule has 0 aromatic heterocycles. The molecule has 2 amide bonds. The van der Waals surface area contributed by atoms with Crippen LogP contribution < -0.4 is 10.6 Å².